The first kappa shape index (κ1) is 19.3. The molecule has 0 bridgehead atoms. The summed E-state index contributed by atoms with van der Waals surface area (Å²) in [7, 11) is 0. The number of hydrogen-bond donors (Lipinski definition) is 2. The Kier molecular flexibility index (Phi) is 7.76. The number of carbonyl (C=O) groups excluding carboxylic acids is 1. The first-order valence-electron chi connectivity index (χ1n) is 8.58. The van der Waals surface area contributed by atoms with Crippen molar-refractivity contribution in [1.29, 1.82) is 0 Å². The fourth-order valence-corrected chi connectivity index (χ4v) is 2.89. The first-order chi connectivity index (χ1) is 11.8. The zero-order chi connectivity index (χ0) is 16.6. The summed E-state index contributed by atoms with van der Waals surface area (Å²) in [5, 5.41) is 6.22. The zero-order valence-corrected chi connectivity index (χ0v) is 15.1. The molecule has 2 aromatic rings. The van der Waals surface area contributed by atoms with Gasteiger partial charge in [0.2, 0.25) is 5.91 Å². The van der Waals surface area contributed by atoms with Gasteiger partial charge in [0.1, 0.15) is 12.4 Å². The van der Waals surface area contributed by atoms with Crippen molar-refractivity contribution in [2.75, 3.05) is 13.1 Å². The molecule has 1 heterocycles. The molecular formula is C20H25ClN2O2. The van der Waals surface area contributed by atoms with Gasteiger partial charge in [-0.1, -0.05) is 42.5 Å². The largest absolute Gasteiger partial charge is 0.489 e. The fourth-order valence-electron chi connectivity index (χ4n) is 2.89. The zero-order valence-electron chi connectivity index (χ0n) is 14.2. The molecule has 1 amide bonds. The predicted molar refractivity (Wildman–Crippen MR) is 102 cm³/mol. The van der Waals surface area contributed by atoms with Crippen LogP contribution in [-0.2, 0) is 17.8 Å². The van der Waals surface area contributed by atoms with Crippen molar-refractivity contribution in [2.45, 2.75) is 31.9 Å². The SMILES string of the molecule is Cl.O=C(NCCc1cccc(OCc2ccccc2)c1)C1CCCN1. The molecular weight excluding hydrogens is 336 g/mol. The molecule has 3 rings (SSSR count). The Labute approximate surface area is 155 Å². The molecule has 0 spiro atoms. The molecule has 0 radical (unpaired) electrons. The molecule has 4 nitrogen and oxygen atoms in total. The minimum Gasteiger partial charge on any atom is -0.489 e. The van der Waals surface area contributed by atoms with Crippen molar-refractivity contribution < 1.29 is 9.53 Å². The van der Waals surface area contributed by atoms with Gasteiger partial charge in [-0.2, -0.15) is 0 Å². The summed E-state index contributed by atoms with van der Waals surface area (Å²) in [6.07, 6.45) is 2.83. The second-order valence-corrected chi connectivity index (χ2v) is 6.11. The normalized spacial score (nSPS) is 16.1. The second kappa shape index (κ2) is 10.1. The van der Waals surface area contributed by atoms with E-state index in [2.05, 4.69) is 28.8 Å². The monoisotopic (exact) mass is 360 g/mol. The Balaban J connectivity index is 0.00000225. The number of nitrogens with one attached hydrogen (secondary N) is 2. The minimum absolute atomic E-state index is 0. The van der Waals surface area contributed by atoms with E-state index in [1.165, 1.54) is 5.56 Å². The van der Waals surface area contributed by atoms with Gasteiger partial charge in [-0.25, -0.2) is 0 Å². The Bertz CT molecular complexity index is 658. The highest BCUT2D eigenvalue weighted by Gasteiger charge is 2.21. The lowest BCUT2D eigenvalue weighted by Gasteiger charge is -2.11. The van der Waals surface area contributed by atoms with Gasteiger partial charge in [0.05, 0.1) is 6.04 Å². The third kappa shape index (κ3) is 6.07. The highest BCUT2D eigenvalue weighted by Crippen LogP contribution is 2.15. The summed E-state index contributed by atoms with van der Waals surface area (Å²) in [4.78, 5) is 12.0. The molecule has 25 heavy (non-hydrogen) atoms. The molecule has 0 aliphatic carbocycles. The van der Waals surface area contributed by atoms with Crippen molar-refractivity contribution in [3.8, 4) is 5.75 Å². The molecule has 0 saturated carbocycles. The molecule has 1 aliphatic heterocycles. The number of ether oxygens (including phenoxy) is 1. The van der Waals surface area contributed by atoms with Crippen LogP contribution in [0.25, 0.3) is 0 Å². The number of carbonyl (C=O) groups is 1. The molecule has 5 heteroatoms. The van der Waals surface area contributed by atoms with E-state index < -0.39 is 0 Å². The quantitative estimate of drug-likeness (QED) is 0.797. The van der Waals surface area contributed by atoms with Gasteiger partial charge in [-0.3, -0.25) is 4.79 Å². The van der Waals surface area contributed by atoms with E-state index in [4.69, 9.17) is 4.74 Å². The fraction of sp³-hybridized carbons (Fsp3) is 0.350. The van der Waals surface area contributed by atoms with Crippen LogP contribution in [0.15, 0.2) is 54.6 Å². The van der Waals surface area contributed by atoms with E-state index in [0.717, 1.165) is 37.1 Å². The number of amides is 1. The summed E-state index contributed by atoms with van der Waals surface area (Å²) >= 11 is 0. The molecule has 1 unspecified atom stereocenters. The highest BCUT2D eigenvalue weighted by molar-refractivity contribution is 5.85. The van der Waals surface area contributed by atoms with E-state index >= 15 is 0 Å². The van der Waals surface area contributed by atoms with Crippen LogP contribution < -0.4 is 15.4 Å². The molecule has 2 N–H and O–H groups in total. The lowest BCUT2D eigenvalue weighted by atomic mass is 10.1. The first-order valence-corrected chi connectivity index (χ1v) is 8.58. The molecule has 134 valence electrons. The van der Waals surface area contributed by atoms with Crippen molar-refractivity contribution >= 4 is 18.3 Å². The lowest BCUT2D eigenvalue weighted by Crippen LogP contribution is -2.41. The van der Waals surface area contributed by atoms with Crippen LogP contribution >= 0.6 is 12.4 Å². The van der Waals surface area contributed by atoms with Crippen molar-refractivity contribution in [2.24, 2.45) is 0 Å². The van der Waals surface area contributed by atoms with E-state index in [0.29, 0.717) is 13.2 Å². The van der Waals surface area contributed by atoms with Crippen LogP contribution in [0, 0.1) is 0 Å². The number of halogens is 1. The van der Waals surface area contributed by atoms with Gasteiger partial charge in [0.15, 0.2) is 0 Å². The summed E-state index contributed by atoms with van der Waals surface area (Å²) in [6, 6.07) is 18.2. The van der Waals surface area contributed by atoms with Crippen LogP contribution in [0.2, 0.25) is 0 Å². The summed E-state index contributed by atoms with van der Waals surface area (Å²) in [5.41, 5.74) is 2.32. The van der Waals surface area contributed by atoms with Crippen LogP contribution in [0.5, 0.6) is 5.75 Å². The maximum absolute atomic E-state index is 12.0. The lowest BCUT2D eigenvalue weighted by molar-refractivity contribution is -0.122. The average molecular weight is 361 g/mol. The number of rotatable bonds is 7. The molecule has 0 aromatic heterocycles. The van der Waals surface area contributed by atoms with Gasteiger partial charge < -0.3 is 15.4 Å². The number of hydrogen-bond acceptors (Lipinski definition) is 3. The second-order valence-electron chi connectivity index (χ2n) is 6.11. The van der Waals surface area contributed by atoms with Crippen LogP contribution in [0.1, 0.15) is 24.0 Å². The van der Waals surface area contributed by atoms with Crippen LogP contribution in [0.3, 0.4) is 0 Å². The Morgan fingerprint density at radius 2 is 1.92 bits per heavy atom. The van der Waals surface area contributed by atoms with Gasteiger partial charge in [-0.05, 0) is 49.1 Å². The van der Waals surface area contributed by atoms with E-state index in [1.807, 2.05) is 36.4 Å². The summed E-state index contributed by atoms with van der Waals surface area (Å²) in [6.45, 7) is 2.16. The Morgan fingerprint density at radius 3 is 2.68 bits per heavy atom. The van der Waals surface area contributed by atoms with E-state index in [9.17, 15) is 4.79 Å². The van der Waals surface area contributed by atoms with Crippen molar-refractivity contribution in [3.63, 3.8) is 0 Å². The molecule has 1 aliphatic rings. The van der Waals surface area contributed by atoms with Gasteiger partial charge in [-0.15, -0.1) is 12.4 Å². The Morgan fingerprint density at radius 1 is 1.12 bits per heavy atom. The molecule has 1 saturated heterocycles. The van der Waals surface area contributed by atoms with E-state index in [1.54, 1.807) is 0 Å². The van der Waals surface area contributed by atoms with E-state index in [-0.39, 0.29) is 24.4 Å². The van der Waals surface area contributed by atoms with Crippen molar-refractivity contribution in [1.82, 2.24) is 10.6 Å². The molecule has 1 atom stereocenters. The topological polar surface area (TPSA) is 50.4 Å². The minimum atomic E-state index is -0.00876. The number of benzene rings is 2. The summed E-state index contributed by atoms with van der Waals surface area (Å²) in [5.74, 6) is 0.976. The third-order valence-electron chi connectivity index (χ3n) is 4.24. The van der Waals surface area contributed by atoms with Gasteiger partial charge in [0.25, 0.3) is 0 Å². The Hall–Kier alpha value is -2.04. The van der Waals surface area contributed by atoms with Gasteiger partial charge in [0, 0.05) is 6.54 Å². The van der Waals surface area contributed by atoms with Gasteiger partial charge >= 0.3 is 0 Å². The summed E-state index contributed by atoms with van der Waals surface area (Å²) < 4.78 is 5.84. The maximum atomic E-state index is 12.0. The standard InChI is InChI=1S/C20H24N2O2.ClH/c23-20(19-10-5-12-21-19)22-13-11-16-8-4-9-18(14-16)24-15-17-6-2-1-3-7-17;/h1-4,6-9,14,19,21H,5,10-13,15H2,(H,22,23);1H. The molecule has 2 aromatic carbocycles. The highest BCUT2D eigenvalue weighted by atomic mass is 35.5. The molecule has 1 fully saturated rings. The third-order valence-corrected chi connectivity index (χ3v) is 4.24. The average Bonchev–Trinajstić information content (AvgIpc) is 3.16. The maximum Gasteiger partial charge on any atom is 0.237 e. The van der Waals surface area contributed by atoms with Crippen molar-refractivity contribution in [3.05, 3.63) is 65.7 Å². The smallest absolute Gasteiger partial charge is 0.237 e. The van der Waals surface area contributed by atoms with Crippen LogP contribution in [-0.4, -0.2) is 25.0 Å². The predicted octanol–water partition coefficient (Wildman–Crippen LogP) is 3.10. The van der Waals surface area contributed by atoms with Crippen LogP contribution in [0.4, 0.5) is 0 Å².